The maximum atomic E-state index is 12.2. The summed E-state index contributed by atoms with van der Waals surface area (Å²) in [5, 5.41) is 2.96. The molecular formula is C15H20ClNO3S. The van der Waals surface area contributed by atoms with Crippen LogP contribution in [0.25, 0.3) is 0 Å². The average molecular weight is 330 g/mol. The second-order valence-corrected chi connectivity index (χ2v) is 6.35. The van der Waals surface area contributed by atoms with Gasteiger partial charge in [0.1, 0.15) is 5.25 Å². The summed E-state index contributed by atoms with van der Waals surface area (Å²) in [6.45, 7) is 4.42. The largest absolute Gasteiger partial charge is 0.468 e. The van der Waals surface area contributed by atoms with Gasteiger partial charge in [-0.15, -0.1) is 11.8 Å². The van der Waals surface area contributed by atoms with Gasteiger partial charge in [0.05, 0.1) is 12.7 Å². The molecule has 1 aromatic rings. The van der Waals surface area contributed by atoms with Gasteiger partial charge in [-0.25, -0.2) is 0 Å². The van der Waals surface area contributed by atoms with Gasteiger partial charge in [-0.1, -0.05) is 24.9 Å². The van der Waals surface area contributed by atoms with E-state index in [1.165, 1.54) is 18.9 Å². The van der Waals surface area contributed by atoms with Gasteiger partial charge in [0.25, 0.3) is 5.91 Å². The zero-order valence-corrected chi connectivity index (χ0v) is 14.0. The molecule has 0 aromatic heterocycles. The number of methoxy groups -OCH3 is 1. The van der Waals surface area contributed by atoms with E-state index in [0.29, 0.717) is 22.0 Å². The Hall–Kier alpha value is -1.20. The molecule has 1 amide bonds. The van der Waals surface area contributed by atoms with Crippen LogP contribution in [0.2, 0.25) is 5.02 Å². The molecule has 1 unspecified atom stereocenters. The topological polar surface area (TPSA) is 55.4 Å². The van der Waals surface area contributed by atoms with Crippen LogP contribution in [0.15, 0.2) is 23.1 Å². The van der Waals surface area contributed by atoms with Gasteiger partial charge < -0.3 is 10.1 Å². The molecule has 1 aromatic carbocycles. The number of halogens is 1. The van der Waals surface area contributed by atoms with Crippen LogP contribution in [0.5, 0.6) is 0 Å². The van der Waals surface area contributed by atoms with E-state index < -0.39 is 5.25 Å². The van der Waals surface area contributed by atoms with Crippen LogP contribution < -0.4 is 5.32 Å². The number of rotatable bonds is 7. The number of carbonyl (C=O) groups excluding carboxylic acids is 2. The summed E-state index contributed by atoms with van der Waals surface area (Å²) in [6, 6.07) is 5.08. The molecule has 0 fully saturated rings. The molecule has 0 saturated carbocycles. The monoisotopic (exact) mass is 329 g/mol. The quantitative estimate of drug-likeness (QED) is 0.472. The predicted octanol–water partition coefficient (Wildman–Crippen LogP) is 3.52. The highest BCUT2D eigenvalue weighted by Gasteiger charge is 2.19. The lowest BCUT2D eigenvalue weighted by molar-refractivity contribution is -0.139. The molecule has 116 valence electrons. The third-order valence-corrected chi connectivity index (χ3v) is 4.23. The summed E-state index contributed by atoms with van der Waals surface area (Å²) in [4.78, 5) is 24.4. The van der Waals surface area contributed by atoms with Gasteiger partial charge in [0, 0.05) is 16.5 Å². The van der Waals surface area contributed by atoms with Gasteiger partial charge in [0.15, 0.2) is 0 Å². The maximum absolute atomic E-state index is 12.2. The Morgan fingerprint density at radius 1 is 1.43 bits per heavy atom. The number of nitrogens with one attached hydrogen (secondary N) is 1. The second-order valence-electron chi connectivity index (χ2n) is 4.53. The first-order chi connectivity index (χ1) is 9.99. The highest BCUT2D eigenvalue weighted by molar-refractivity contribution is 8.00. The van der Waals surface area contributed by atoms with Crippen molar-refractivity contribution in [3.8, 4) is 0 Å². The van der Waals surface area contributed by atoms with Crippen molar-refractivity contribution < 1.29 is 14.3 Å². The Kier molecular flexibility index (Phi) is 7.61. The Morgan fingerprint density at radius 2 is 2.14 bits per heavy atom. The summed E-state index contributed by atoms with van der Waals surface area (Å²) in [5.74, 6) is -0.502. The lowest BCUT2D eigenvalue weighted by Crippen LogP contribution is -2.25. The van der Waals surface area contributed by atoms with E-state index in [-0.39, 0.29) is 11.9 Å². The van der Waals surface area contributed by atoms with Crippen molar-refractivity contribution in [3.63, 3.8) is 0 Å². The summed E-state index contributed by atoms with van der Waals surface area (Å²) >= 11 is 7.25. The summed E-state index contributed by atoms with van der Waals surface area (Å²) < 4.78 is 4.70. The van der Waals surface area contributed by atoms with Gasteiger partial charge in [0.2, 0.25) is 0 Å². The smallest absolute Gasteiger partial charge is 0.318 e. The molecular weight excluding hydrogens is 310 g/mol. The summed E-state index contributed by atoms with van der Waals surface area (Å²) in [7, 11) is 1.35. The van der Waals surface area contributed by atoms with Gasteiger partial charge in [-0.2, -0.15) is 0 Å². The van der Waals surface area contributed by atoms with Crippen molar-refractivity contribution in [3.05, 3.63) is 28.8 Å². The van der Waals surface area contributed by atoms with E-state index in [1.54, 1.807) is 25.1 Å². The first-order valence-electron chi connectivity index (χ1n) is 6.81. The number of unbranched alkanes of at least 4 members (excludes halogenated alkanes) is 1. The molecule has 4 nitrogen and oxygen atoms in total. The van der Waals surface area contributed by atoms with Crippen molar-refractivity contribution in [2.45, 2.75) is 36.8 Å². The molecule has 0 heterocycles. The third kappa shape index (κ3) is 5.59. The van der Waals surface area contributed by atoms with E-state index in [9.17, 15) is 9.59 Å². The average Bonchev–Trinajstić information content (AvgIpc) is 2.48. The van der Waals surface area contributed by atoms with Crippen LogP contribution in [-0.4, -0.2) is 30.8 Å². The first kappa shape index (κ1) is 17.9. The Morgan fingerprint density at radius 3 is 2.76 bits per heavy atom. The zero-order valence-electron chi connectivity index (χ0n) is 12.4. The van der Waals surface area contributed by atoms with E-state index in [2.05, 4.69) is 12.2 Å². The van der Waals surface area contributed by atoms with E-state index in [4.69, 9.17) is 16.3 Å². The lowest BCUT2D eigenvalue weighted by atomic mass is 10.2. The predicted molar refractivity (Wildman–Crippen MR) is 86.0 cm³/mol. The maximum Gasteiger partial charge on any atom is 0.318 e. The summed E-state index contributed by atoms with van der Waals surface area (Å²) in [6.07, 6.45) is 1.93. The number of thioether (sulfide) groups is 1. The van der Waals surface area contributed by atoms with E-state index in [1.807, 2.05) is 0 Å². The standard InChI is InChI=1S/C15H20ClNO3S/c1-4-5-8-17-14(18)12-9-11(16)6-7-13(12)21-10(2)15(19)20-3/h6-7,9-10H,4-5,8H2,1-3H3,(H,17,18). The van der Waals surface area contributed by atoms with E-state index in [0.717, 1.165) is 12.8 Å². The number of esters is 1. The SMILES string of the molecule is CCCCNC(=O)c1cc(Cl)ccc1SC(C)C(=O)OC. The Labute approximate surface area is 134 Å². The van der Waals surface area contributed by atoms with Crippen LogP contribution in [0, 0.1) is 0 Å². The van der Waals surface area contributed by atoms with Crippen LogP contribution >= 0.6 is 23.4 Å². The fourth-order valence-electron chi connectivity index (χ4n) is 1.66. The van der Waals surface area contributed by atoms with Gasteiger partial charge in [-0.3, -0.25) is 9.59 Å². The molecule has 0 saturated heterocycles. The minimum absolute atomic E-state index is 0.175. The zero-order chi connectivity index (χ0) is 15.8. The number of hydrogen-bond acceptors (Lipinski definition) is 4. The molecule has 0 bridgehead atoms. The summed E-state index contributed by atoms with van der Waals surface area (Å²) in [5.41, 5.74) is 0.486. The molecule has 1 atom stereocenters. The number of ether oxygens (including phenoxy) is 1. The van der Waals surface area contributed by atoms with Crippen LogP contribution in [0.4, 0.5) is 0 Å². The molecule has 0 aliphatic rings. The van der Waals surface area contributed by atoms with Crippen molar-refractivity contribution in [2.24, 2.45) is 0 Å². The van der Waals surface area contributed by atoms with E-state index >= 15 is 0 Å². The van der Waals surface area contributed by atoms with Crippen molar-refractivity contribution in [2.75, 3.05) is 13.7 Å². The molecule has 0 radical (unpaired) electrons. The number of benzene rings is 1. The van der Waals surface area contributed by atoms with Crippen molar-refractivity contribution in [1.29, 1.82) is 0 Å². The molecule has 1 N–H and O–H groups in total. The fraction of sp³-hybridized carbons (Fsp3) is 0.467. The van der Waals surface area contributed by atoms with Crippen LogP contribution in [0.3, 0.4) is 0 Å². The number of hydrogen-bond donors (Lipinski definition) is 1. The van der Waals surface area contributed by atoms with Crippen molar-refractivity contribution in [1.82, 2.24) is 5.32 Å². The minimum Gasteiger partial charge on any atom is -0.468 e. The molecule has 0 spiro atoms. The number of amides is 1. The van der Waals surface area contributed by atoms with Crippen molar-refractivity contribution >= 4 is 35.2 Å². The Bertz CT molecular complexity index is 508. The lowest BCUT2D eigenvalue weighted by Gasteiger charge is -2.13. The minimum atomic E-state index is -0.390. The second kappa shape index (κ2) is 8.95. The molecule has 1 rings (SSSR count). The molecule has 6 heteroatoms. The molecule has 0 aliphatic carbocycles. The number of carbonyl (C=O) groups is 2. The highest BCUT2D eigenvalue weighted by Crippen LogP contribution is 2.29. The molecule has 21 heavy (non-hydrogen) atoms. The molecule has 0 aliphatic heterocycles. The van der Waals surface area contributed by atoms with Gasteiger partial charge in [-0.05, 0) is 31.5 Å². The normalized spacial score (nSPS) is 11.8. The Balaban J connectivity index is 2.89. The van der Waals surface area contributed by atoms with Crippen LogP contribution in [-0.2, 0) is 9.53 Å². The van der Waals surface area contributed by atoms with Gasteiger partial charge >= 0.3 is 5.97 Å². The third-order valence-electron chi connectivity index (χ3n) is 2.84. The fourth-order valence-corrected chi connectivity index (χ4v) is 2.83. The highest BCUT2D eigenvalue weighted by atomic mass is 35.5. The van der Waals surface area contributed by atoms with Crippen LogP contribution in [0.1, 0.15) is 37.0 Å². The first-order valence-corrected chi connectivity index (χ1v) is 8.07.